The van der Waals surface area contributed by atoms with Gasteiger partial charge in [-0.1, -0.05) is 21.6 Å². The lowest BCUT2D eigenvalue weighted by atomic mass is 11.0. The molecule has 0 nitrogen and oxygen atoms in total. The first kappa shape index (κ1) is 6.52. The fourth-order valence-electron chi connectivity index (χ4n) is 0.274. The molecule has 0 spiro atoms. The van der Waals surface area contributed by atoms with E-state index in [0.29, 0.717) is 0 Å². The molecule has 0 aromatic rings. The highest BCUT2D eigenvalue weighted by molar-refractivity contribution is 9.10. The molecule has 1 rings (SSSR count). The fraction of sp³-hybridized carbons (Fsp3) is 1.00. The van der Waals surface area contributed by atoms with Crippen molar-refractivity contribution < 1.29 is 0 Å². The zero-order chi connectivity index (χ0) is 4.95. The largest absolute Gasteiger partial charge is 0.149 e. The van der Waals surface area contributed by atoms with E-state index in [0.717, 1.165) is 0 Å². The maximum absolute atomic E-state index is 2.04. The van der Waals surface area contributed by atoms with E-state index in [4.69, 9.17) is 0 Å². The second kappa shape index (κ2) is 4.30. The van der Waals surface area contributed by atoms with Gasteiger partial charge in [0, 0.05) is 11.5 Å². The maximum atomic E-state index is 2.04. The molecule has 0 aromatic carbocycles. The summed E-state index contributed by atoms with van der Waals surface area (Å²) in [6.45, 7) is 0. The van der Waals surface area contributed by atoms with E-state index in [9.17, 15) is 0 Å². The minimum atomic E-state index is 1.28. The van der Waals surface area contributed by atoms with Crippen LogP contribution < -0.4 is 0 Å². The van der Waals surface area contributed by atoms with E-state index >= 15 is 0 Å². The Labute approximate surface area is 59.8 Å². The van der Waals surface area contributed by atoms with Crippen molar-refractivity contribution >= 4 is 43.2 Å². The molecule has 0 radical (unpaired) electrons. The van der Waals surface area contributed by atoms with E-state index in [-0.39, 0.29) is 0 Å². The summed E-state index contributed by atoms with van der Waals surface area (Å²) in [6, 6.07) is 0. The summed E-state index contributed by atoms with van der Waals surface area (Å²) in [5.41, 5.74) is 0. The normalized spacial score (nSPS) is 24.0. The van der Waals surface area contributed by atoms with Gasteiger partial charge in [0.15, 0.2) is 0 Å². The Morgan fingerprint density at radius 2 is 2.00 bits per heavy atom. The summed E-state index contributed by atoms with van der Waals surface area (Å²) >= 11 is 2.04. The third-order valence-electron chi connectivity index (χ3n) is 0.539. The van der Waals surface area contributed by atoms with Gasteiger partial charge in [-0.3, -0.25) is 0 Å². The first-order valence-electron chi connectivity index (χ1n) is 1.99. The molecule has 0 amide bonds. The predicted octanol–water partition coefficient (Wildman–Crippen LogP) is 2.72. The summed E-state index contributed by atoms with van der Waals surface area (Å²) in [7, 11) is 5.86. The van der Waals surface area contributed by atoms with Crippen LogP contribution in [-0.4, -0.2) is 16.6 Å². The molecule has 7 heavy (non-hydrogen) atoms. The van der Waals surface area contributed by atoms with Crippen molar-refractivity contribution in [3.63, 3.8) is 0 Å². The quantitative estimate of drug-likeness (QED) is 0.512. The van der Waals surface area contributed by atoms with E-state index in [1.54, 1.807) is 0 Å². The van der Waals surface area contributed by atoms with Gasteiger partial charge in [0.2, 0.25) is 0 Å². The van der Waals surface area contributed by atoms with Crippen LogP contribution >= 0.6 is 43.2 Å². The van der Waals surface area contributed by atoms with Crippen LogP contribution in [0.2, 0.25) is 0 Å². The lowest BCUT2D eigenvalue weighted by Crippen LogP contribution is -1.75. The zero-order valence-electron chi connectivity index (χ0n) is 3.75. The average Bonchev–Trinajstić information content (AvgIpc) is 1.90. The van der Waals surface area contributed by atoms with Crippen molar-refractivity contribution in [2.75, 3.05) is 16.6 Å². The Hall–Kier alpha value is 1.40. The number of rotatable bonds is 0. The minimum Gasteiger partial charge on any atom is -0.149 e. The monoisotopic (exact) mass is 170 g/mol. The second-order valence-corrected chi connectivity index (χ2v) is 6.86. The van der Waals surface area contributed by atoms with Gasteiger partial charge in [-0.15, -0.1) is 11.8 Å². The molecule has 0 bridgehead atoms. The van der Waals surface area contributed by atoms with Crippen LogP contribution in [-0.2, 0) is 0 Å². The number of thioether (sulfide) groups is 1. The Bertz CT molecular complexity index is 26.5. The Kier molecular flexibility index (Phi) is 4.00. The summed E-state index contributed by atoms with van der Waals surface area (Å²) in [5, 5.41) is 1.28. The van der Waals surface area contributed by atoms with Gasteiger partial charge < -0.3 is 0 Å². The van der Waals surface area contributed by atoms with Crippen molar-refractivity contribution in [2.45, 2.75) is 0 Å². The summed E-state index contributed by atoms with van der Waals surface area (Å²) in [4.78, 5) is 0. The van der Waals surface area contributed by atoms with Gasteiger partial charge >= 0.3 is 0 Å². The van der Waals surface area contributed by atoms with Crippen molar-refractivity contribution in [3.8, 4) is 0 Å². The third kappa shape index (κ3) is 3.06. The summed E-state index contributed by atoms with van der Waals surface area (Å²) < 4.78 is 0. The van der Waals surface area contributed by atoms with Gasteiger partial charge in [-0.25, -0.2) is 0 Å². The Balaban J connectivity index is 2.04. The molecule has 0 atom stereocenters. The molecular formula is C3H6S4. The maximum Gasteiger partial charge on any atom is 0.0504 e. The van der Waals surface area contributed by atoms with E-state index in [1.807, 2.05) is 43.2 Å². The highest BCUT2D eigenvalue weighted by Crippen LogP contribution is 2.39. The van der Waals surface area contributed by atoms with Crippen molar-refractivity contribution in [1.82, 2.24) is 0 Å². The first-order chi connectivity index (χ1) is 3.50. The Morgan fingerprint density at radius 3 is 3.00 bits per heavy atom. The van der Waals surface area contributed by atoms with Gasteiger partial charge in [0.05, 0.1) is 5.08 Å². The molecular weight excluding hydrogens is 164 g/mol. The number of hydrogen-bond donors (Lipinski definition) is 0. The van der Waals surface area contributed by atoms with Crippen molar-refractivity contribution in [3.05, 3.63) is 0 Å². The van der Waals surface area contributed by atoms with Crippen LogP contribution in [0.25, 0.3) is 0 Å². The van der Waals surface area contributed by atoms with Crippen molar-refractivity contribution in [2.24, 2.45) is 0 Å². The predicted molar refractivity (Wildman–Crippen MR) is 45.0 cm³/mol. The Morgan fingerprint density at radius 1 is 1.00 bits per heavy atom. The lowest BCUT2D eigenvalue weighted by molar-refractivity contribution is 1.57. The molecule has 0 aliphatic carbocycles. The molecule has 0 aromatic heterocycles. The second-order valence-electron chi connectivity index (χ2n) is 1.03. The van der Waals surface area contributed by atoms with Gasteiger partial charge in [0.25, 0.3) is 0 Å². The molecule has 1 fully saturated rings. The molecule has 0 unspecified atom stereocenters. The third-order valence-corrected chi connectivity index (χ3v) is 6.58. The van der Waals surface area contributed by atoms with Crippen molar-refractivity contribution in [1.29, 1.82) is 0 Å². The molecule has 42 valence electrons. The molecule has 1 aliphatic heterocycles. The average molecular weight is 170 g/mol. The number of hydrogen-bond acceptors (Lipinski definition) is 4. The van der Waals surface area contributed by atoms with Crippen LogP contribution in [0.4, 0.5) is 0 Å². The van der Waals surface area contributed by atoms with E-state index < -0.39 is 0 Å². The van der Waals surface area contributed by atoms with E-state index in [1.165, 1.54) is 16.6 Å². The van der Waals surface area contributed by atoms with Crippen LogP contribution in [0.5, 0.6) is 0 Å². The molecule has 4 heteroatoms. The highest BCUT2D eigenvalue weighted by atomic mass is 33.5. The van der Waals surface area contributed by atoms with Crippen LogP contribution in [0.15, 0.2) is 0 Å². The minimum absolute atomic E-state index is 1.28. The lowest BCUT2D eigenvalue weighted by Gasteiger charge is -1.84. The molecule has 1 heterocycles. The fourth-order valence-corrected chi connectivity index (χ4v) is 6.33. The van der Waals surface area contributed by atoms with E-state index in [2.05, 4.69) is 0 Å². The highest BCUT2D eigenvalue weighted by Gasteiger charge is 1.97. The van der Waals surface area contributed by atoms with Crippen LogP contribution in [0.3, 0.4) is 0 Å². The summed E-state index contributed by atoms with van der Waals surface area (Å²) in [5.74, 6) is 2.66. The molecule has 1 aliphatic rings. The standard InChI is InChI=1S/C3H6S4/c1-2-5-7-6-3-4-1/h1-3H2. The smallest absolute Gasteiger partial charge is 0.0504 e. The zero-order valence-corrected chi connectivity index (χ0v) is 7.02. The first-order valence-corrected chi connectivity index (χ1v) is 6.96. The van der Waals surface area contributed by atoms with Crippen LogP contribution in [0, 0.1) is 0 Å². The molecule has 0 N–H and O–H groups in total. The molecule has 0 saturated carbocycles. The molecule has 1 saturated heterocycles. The summed E-state index contributed by atoms with van der Waals surface area (Å²) in [6.07, 6.45) is 0. The van der Waals surface area contributed by atoms with Gasteiger partial charge in [-0.2, -0.15) is 0 Å². The SMILES string of the molecule is C1CSSSCS1. The van der Waals surface area contributed by atoms with Gasteiger partial charge in [0.1, 0.15) is 0 Å². The van der Waals surface area contributed by atoms with Gasteiger partial charge in [-0.05, 0) is 9.83 Å². The van der Waals surface area contributed by atoms with Crippen LogP contribution in [0.1, 0.15) is 0 Å². The topological polar surface area (TPSA) is 0 Å².